The van der Waals surface area contributed by atoms with Crippen LogP contribution in [-0.4, -0.2) is 44.9 Å². The number of pyridine rings is 1. The van der Waals surface area contributed by atoms with E-state index in [4.69, 9.17) is 4.74 Å². The predicted octanol–water partition coefficient (Wildman–Crippen LogP) is 4.41. The van der Waals surface area contributed by atoms with Crippen LogP contribution in [0.1, 0.15) is 44.5 Å². The molecule has 1 aliphatic rings. The van der Waals surface area contributed by atoms with E-state index in [9.17, 15) is 0 Å². The summed E-state index contributed by atoms with van der Waals surface area (Å²) in [7, 11) is 0. The Bertz CT molecular complexity index is 783. The second kappa shape index (κ2) is 8.53. The Morgan fingerprint density at radius 3 is 2.59 bits per heavy atom. The molecule has 3 rings (SSSR count). The Morgan fingerprint density at radius 1 is 1.22 bits per heavy atom. The summed E-state index contributed by atoms with van der Waals surface area (Å²) in [5.74, 6) is 0.791. The van der Waals surface area contributed by atoms with Crippen LogP contribution in [0.5, 0.6) is 5.75 Å². The van der Waals surface area contributed by atoms with Gasteiger partial charge in [0.25, 0.3) is 0 Å². The van der Waals surface area contributed by atoms with E-state index in [1.54, 1.807) is 18.5 Å². The maximum atomic E-state index is 6.23. The van der Waals surface area contributed by atoms with Crippen LogP contribution in [0.2, 0.25) is 0 Å². The molecule has 5 nitrogen and oxygen atoms in total. The molecule has 0 radical (unpaired) electrons. The minimum absolute atomic E-state index is 0.246. The summed E-state index contributed by atoms with van der Waals surface area (Å²) in [5.41, 5.74) is 2.58. The molecular weight excluding hydrogens is 336 g/mol. The molecule has 5 heteroatoms. The van der Waals surface area contributed by atoms with Crippen LogP contribution in [0.25, 0.3) is 11.8 Å². The van der Waals surface area contributed by atoms with Gasteiger partial charge in [-0.05, 0) is 64.9 Å². The van der Waals surface area contributed by atoms with Gasteiger partial charge in [0, 0.05) is 30.2 Å². The van der Waals surface area contributed by atoms with Gasteiger partial charge in [-0.25, -0.2) is 4.68 Å². The van der Waals surface area contributed by atoms with Crippen molar-refractivity contribution in [2.24, 2.45) is 0 Å². The minimum atomic E-state index is -0.246. The Kier molecular flexibility index (Phi) is 6.11. The van der Waals surface area contributed by atoms with E-state index in [0.717, 1.165) is 29.3 Å². The van der Waals surface area contributed by atoms with Crippen molar-refractivity contribution in [3.8, 4) is 5.75 Å². The maximum absolute atomic E-state index is 6.23. The van der Waals surface area contributed by atoms with Gasteiger partial charge in [0.15, 0.2) is 0 Å². The fourth-order valence-corrected chi connectivity index (χ4v) is 3.49. The summed E-state index contributed by atoms with van der Waals surface area (Å²) >= 11 is 0. The molecule has 0 saturated carbocycles. The van der Waals surface area contributed by atoms with Crippen LogP contribution in [0.15, 0.2) is 43.2 Å². The number of nitrogens with zero attached hydrogens (tertiary/aromatic N) is 4. The zero-order valence-electron chi connectivity index (χ0n) is 16.7. The quantitative estimate of drug-likeness (QED) is 0.681. The van der Waals surface area contributed by atoms with Gasteiger partial charge in [-0.15, -0.1) is 0 Å². The third-order valence-corrected chi connectivity index (χ3v) is 4.83. The molecule has 2 aromatic rings. The van der Waals surface area contributed by atoms with Crippen LogP contribution >= 0.6 is 0 Å². The summed E-state index contributed by atoms with van der Waals surface area (Å²) in [5, 5.41) is 4.29. The van der Waals surface area contributed by atoms with Crippen LogP contribution in [-0.2, 0) is 0 Å². The van der Waals surface area contributed by atoms with Crippen molar-refractivity contribution in [1.82, 2.24) is 19.7 Å². The van der Waals surface area contributed by atoms with E-state index >= 15 is 0 Å². The average Bonchev–Trinajstić information content (AvgIpc) is 3.05. The molecule has 2 aromatic heterocycles. The molecule has 0 spiro atoms. The molecule has 27 heavy (non-hydrogen) atoms. The van der Waals surface area contributed by atoms with Crippen LogP contribution < -0.4 is 4.74 Å². The third kappa shape index (κ3) is 5.30. The smallest absolute Gasteiger partial charge is 0.138 e. The van der Waals surface area contributed by atoms with Gasteiger partial charge < -0.3 is 4.74 Å². The number of hydrogen-bond acceptors (Lipinski definition) is 4. The molecule has 0 aromatic carbocycles. The fraction of sp³-hybridized carbons (Fsp3) is 0.455. The Balaban J connectivity index is 1.68. The topological polar surface area (TPSA) is 43.2 Å². The van der Waals surface area contributed by atoms with Gasteiger partial charge in [0.2, 0.25) is 0 Å². The standard InChI is InChI=1S/C22H30N4O/c1-5-19(16-26-18(2)11-12-24-26)21-10-9-20(15-23-21)27-22(3,4)17-25-13-7-6-8-14-25/h5,9-12,15-16H,1,6-8,13-14,17H2,2-4H3. The molecule has 0 amide bonds. The van der Waals surface area contributed by atoms with Gasteiger partial charge in [0.05, 0.1) is 11.9 Å². The predicted molar refractivity (Wildman–Crippen MR) is 111 cm³/mol. The van der Waals surface area contributed by atoms with Gasteiger partial charge in [0.1, 0.15) is 11.4 Å². The summed E-state index contributed by atoms with van der Waals surface area (Å²) in [4.78, 5) is 7.07. The number of allylic oxidation sites excluding steroid dienone is 2. The monoisotopic (exact) mass is 366 g/mol. The highest BCUT2D eigenvalue weighted by Crippen LogP contribution is 2.23. The van der Waals surface area contributed by atoms with Crippen LogP contribution in [0.3, 0.4) is 0 Å². The second-order valence-corrected chi connectivity index (χ2v) is 7.78. The van der Waals surface area contributed by atoms with Crippen molar-refractivity contribution >= 4 is 11.8 Å². The molecule has 0 unspecified atom stereocenters. The number of aromatic nitrogens is 3. The zero-order chi connectivity index (χ0) is 19.3. The van der Waals surface area contributed by atoms with Crippen molar-refractivity contribution in [2.75, 3.05) is 19.6 Å². The molecule has 0 bridgehead atoms. The lowest BCUT2D eigenvalue weighted by Crippen LogP contribution is -2.44. The van der Waals surface area contributed by atoms with Gasteiger partial charge >= 0.3 is 0 Å². The first kappa shape index (κ1) is 19.4. The van der Waals surface area contributed by atoms with E-state index < -0.39 is 0 Å². The third-order valence-electron chi connectivity index (χ3n) is 4.83. The first-order valence-electron chi connectivity index (χ1n) is 9.69. The van der Waals surface area contributed by atoms with E-state index in [1.807, 2.05) is 36.0 Å². The zero-order valence-corrected chi connectivity index (χ0v) is 16.7. The largest absolute Gasteiger partial charge is 0.485 e. The van der Waals surface area contributed by atoms with E-state index in [2.05, 4.69) is 35.4 Å². The van der Waals surface area contributed by atoms with E-state index in [-0.39, 0.29) is 5.60 Å². The van der Waals surface area contributed by atoms with Gasteiger partial charge in [-0.2, -0.15) is 5.10 Å². The Morgan fingerprint density at radius 2 is 2.00 bits per heavy atom. The van der Waals surface area contributed by atoms with Crippen molar-refractivity contribution in [3.63, 3.8) is 0 Å². The van der Waals surface area contributed by atoms with E-state index in [0.29, 0.717) is 0 Å². The molecule has 1 fully saturated rings. The second-order valence-electron chi connectivity index (χ2n) is 7.78. The Hall–Kier alpha value is -2.40. The summed E-state index contributed by atoms with van der Waals surface area (Å²) in [6.45, 7) is 13.5. The minimum Gasteiger partial charge on any atom is -0.485 e. The molecule has 1 saturated heterocycles. The number of aryl methyl sites for hydroxylation is 1. The number of piperidine rings is 1. The van der Waals surface area contributed by atoms with Gasteiger partial charge in [-0.3, -0.25) is 9.88 Å². The van der Waals surface area contributed by atoms with Crippen molar-refractivity contribution in [3.05, 3.63) is 54.6 Å². The molecule has 3 heterocycles. The summed E-state index contributed by atoms with van der Waals surface area (Å²) in [6.07, 6.45) is 11.2. The molecule has 0 N–H and O–H groups in total. The lowest BCUT2D eigenvalue weighted by Gasteiger charge is -2.35. The molecule has 144 valence electrons. The lowest BCUT2D eigenvalue weighted by atomic mass is 10.1. The van der Waals surface area contributed by atoms with E-state index in [1.165, 1.54) is 32.4 Å². The summed E-state index contributed by atoms with van der Waals surface area (Å²) in [6, 6.07) is 5.91. The average molecular weight is 367 g/mol. The Labute approximate surface area is 162 Å². The summed E-state index contributed by atoms with van der Waals surface area (Å²) < 4.78 is 8.06. The number of likely N-dealkylation sites (tertiary alicyclic amines) is 1. The number of ether oxygens (including phenoxy) is 1. The van der Waals surface area contributed by atoms with Crippen molar-refractivity contribution in [2.45, 2.75) is 45.6 Å². The first-order chi connectivity index (χ1) is 13.0. The first-order valence-corrected chi connectivity index (χ1v) is 9.69. The molecule has 1 aliphatic heterocycles. The highest BCUT2D eigenvalue weighted by molar-refractivity contribution is 5.80. The molecule has 0 atom stereocenters. The fourth-order valence-electron chi connectivity index (χ4n) is 3.49. The molecular formula is C22H30N4O. The van der Waals surface area contributed by atoms with Crippen LogP contribution in [0, 0.1) is 6.92 Å². The number of rotatable bonds is 7. The van der Waals surface area contributed by atoms with Gasteiger partial charge in [-0.1, -0.05) is 19.1 Å². The van der Waals surface area contributed by atoms with Crippen molar-refractivity contribution < 1.29 is 4.74 Å². The highest BCUT2D eigenvalue weighted by atomic mass is 16.5. The SMILES string of the molecule is C=CC(=Cn1nccc1C)c1ccc(OC(C)(C)CN2CCCCC2)cn1. The number of hydrogen-bond donors (Lipinski definition) is 0. The van der Waals surface area contributed by atoms with Crippen molar-refractivity contribution in [1.29, 1.82) is 0 Å². The molecule has 0 aliphatic carbocycles. The highest BCUT2D eigenvalue weighted by Gasteiger charge is 2.25. The normalized spacial score (nSPS) is 16.3. The maximum Gasteiger partial charge on any atom is 0.138 e. The lowest BCUT2D eigenvalue weighted by molar-refractivity contribution is 0.0517. The van der Waals surface area contributed by atoms with Crippen LogP contribution in [0.4, 0.5) is 0 Å².